The lowest BCUT2D eigenvalue weighted by Gasteiger charge is -2.39. The molecule has 0 aromatic rings. The second-order valence-corrected chi connectivity index (χ2v) is 5.28. The van der Waals surface area contributed by atoms with E-state index in [1.165, 1.54) is 44.9 Å². The Bertz CT molecular complexity index is 255. The van der Waals surface area contributed by atoms with Crippen LogP contribution >= 0.6 is 24.0 Å². The van der Waals surface area contributed by atoms with Crippen LogP contribution in [0.2, 0.25) is 0 Å². The zero-order valence-electron chi connectivity index (χ0n) is 11.0. The van der Waals surface area contributed by atoms with Crippen LogP contribution in [0.15, 0.2) is 4.99 Å². The molecule has 0 spiro atoms. The zero-order valence-corrected chi connectivity index (χ0v) is 13.4. The van der Waals surface area contributed by atoms with Gasteiger partial charge in [0, 0.05) is 20.1 Å². The molecule has 0 aromatic carbocycles. The van der Waals surface area contributed by atoms with Gasteiger partial charge in [-0.3, -0.25) is 4.99 Å². The van der Waals surface area contributed by atoms with Gasteiger partial charge in [-0.15, -0.1) is 24.0 Å². The van der Waals surface area contributed by atoms with E-state index in [1.54, 1.807) is 0 Å². The van der Waals surface area contributed by atoms with Crippen molar-refractivity contribution in [3.05, 3.63) is 0 Å². The van der Waals surface area contributed by atoms with Crippen molar-refractivity contribution in [2.24, 2.45) is 16.8 Å². The van der Waals surface area contributed by atoms with E-state index < -0.39 is 0 Å². The number of nitrogens with one attached hydrogen (secondary N) is 2. The van der Waals surface area contributed by atoms with Crippen molar-refractivity contribution in [2.75, 3.05) is 14.1 Å². The molecule has 3 unspecified atom stereocenters. The molecule has 2 rings (SSSR count). The smallest absolute Gasteiger partial charge is 0.190 e. The van der Waals surface area contributed by atoms with Crippen LogP contribution in [0.25, 0.3) is 0 Å². The summed E-state index contributed by atoms with van der Waals surface area (Å²) in [5, 5.41) is 6.64. The molecule has 0 heterocycles. The molecule has 3 nitrogen and oxygen atoms in total. The molecule has 2 aliphatic rings. The highest BCUT2D eigenvalue weighted by Crippen LogP contribution is 2.40. The molecular weight excluding hydrogens is 325 g/mol. The predicted molar refractivity (Wildman–Crippen MR) is 84.1 cm³/mol. The number of aliphatic imine (C=N–C) groups is 1. The van der Waals surface area contributed by atoms with Gasteiger partial charge in [-0.05, 0) is 31.1 Å². The first-order chi connectivity index (χ1) is 7.83. The van der Waals surface area contributed by atoms with E-state index in [1.807, 2.05) is 14.1 Å². The maximum absolute atomic E-state index is 4.20. The molecular formula is C13H26IN3. The quantitative estimate of drug-likeness (QED) is 0.433. The Labute approximate surface area is 122 Å². The van der Waals surface area contributed by atoms with Crippen LogP contribution in [0.5, 0.6) is 0 Å². The van der Waals surface area contributed by atoms with Gasteiger partial charge in [0.1, 0.15) is 0 Å². The maximum atomic E-state index is 4.20. The number of rotatable bonds is 1. The third-order valence-corrected chi connectivity index (χ3v) is 4.34. The van der Waals surface area contributed by atoms with Crippen LogP contribution in [0.4, 0.5) is 0 Å². The Hall–Kier alpha value is 0. The van der Waals surface area contributed by atoms with Crippen molar-refractivity contribution in [3.63, 3.8) is 0 Å². The summed E-state index contributed by atoms with van der Waals surface area (Å²) in [6.45, 7) is 0. The highest BCUT2D eigenvalue weighted by molar-refractivity contribution is 14.0. The SMILES string of the molecule is CN=C(NC)NC1CCC2CCCCC2C1.I. The van der Waals surface area contributed by atoms with Crippen LogP contribution < -0.4 is 10.6 Å². The molecule has 100 valence electrons. The van der Waals surface area contributed by atoms with Gasteiger partial charge in [-0.25, -0.2) is 0 Å². The van der Waals surface area contributed by atoms with Gasteiger partial charge >= 0.3 is 0 Å². The standard InChI is InChI=1S/C13H25N3.HI/c1-14-13(15-2)16-12-8-7-10-5-3-4-6-11(10)9-12;/h10-12H,3-9H2,1-2H3,(H2,14,15,16);1H. The molecule has 0 amide bonds. The molecule has 0 saturated heterocycles. The Morgan fingerprint density at radius 2 is 1.76 bits per heavy atom. The van der Waals surface area contributed by atoms with Crippen LogP contribution in [0.3, 0.4) is 0 Å². The fraction of sp³-hybridized carbons (Fsp3) is 0.923. The molecule has 2 fully saturated rings. The highest BCUT2D eigenvalue weighted by atomic mass is 127. The van der Waals surface area contributed by atoms with Crippen molar-refractivity contribution in [1.82, 2.24) is 10.6 Å². The van der Waals surface area contributed by atoms with E-state index in [0.29, 0.717) is 6.04 Å². The van der Waals surface area contributed by atoms with Crippen molar-refractivity contribution in [2.45, 2.75) is 51.0 Å². The minimum Gasteiger partial charge on any atom is -0.359 e. The minimum atomic E-state index is 0. The summed E-state index contributed by atoms with van der Waals surface area (Å²) in [6, 6.07) is 0.644. The molecule has 2 saturated carbocycles. The molecule has 0 bridgehead atoms. The Morgan fingerprint density at radius 3 is 2.41 bits per heavy atom. The van der Waals surface area contributed by atoms with E-state index in [2.05, 4.69) is 15.6 Å². The Morgan fingerprint density at radius 1 is 1.06 bits per heavy atom. The normalized spacial score (nSPS) is 33.3. The molecule has 17 heavy (non-hydrogen) atoms. The Balaban J connectivity index is 0.00000144. The minimum absolute atomic E-state index is 0. The van der Waals surface area contributed by atoms with Gasteiger partial charge in [0.25, 0.3) is 0 Å². The van der Waals surface area contributed by atoms with E-state index in [4.69, 9.17) is 0 Å². The number of guanidine groups is 1. The third-order valence-electron chi connectivity index (χ3n) is 4.34. The topological polar surface area (TPSA) is 36.4 Å². The first kappa shape index (κ1) is 15.1. The summed E-state index contributed by atoms with van der Waals surface area (Å²) < 4.78 is 0. The van der Waals surface area contributed by atoms with Gasteiger partial charge in [-0.2, -0.15) is 0 Å². The molecule has 2 N–H and O–H groups in total. The molecule has 4 heteroatoms. The lowest BCUT2D eigenvalue weighted by atomic mass is 9.69. The average Bonchev–Trinajstić information content (AvgIpc) is 2.35. The van der Waals surface area contributed by atoms with Crippen molar-refractivity contribution < 1.29 is 0 Å². The summed E-state index contributed by atoms with van der Waals surface area (Å²) in [4.78, 5) is 4.20. The van der Waals surface area contributed by atoms with Gasteiger partial charge in [0.15, 0.2) is 5.96 Å². The second-order valence-electron chi connectivity index (χ2n) is 5.28. The molecule has 0 aliphatic heterocycles. The van der Waals surface area contributed by atoms with Gasteiger partial charge < -0.3 is 10.6 Å². The van der Waals surface area contributed by atoms with Crippen LogP contribution in [0, 0.1) is 11.8 Å². The van der Waals surface area contributed by atoms with Gasteiger partial charge in [0.2, 0.25) is 0 Å². The number of nitrogens with zero attached hydrogens (tertiary/aromatic N) is 1. The fourth-order valence-electron chi connectivity index (χ4n) is 3.45. The number of fused-ring (bicyclic) bond motifs is 1. The molecule has 2 aliphatic carbocycles. The van der Waals surface area contributed by atoms with Crippen LogP contribution in [-0.2, 0) is 0 Å². The highest BCUT2D eigenvalue weighted by Gasteiger charge is 2.32. The fourth-order valence-corrected chi connectivity index (χ4v) is 3.45. The van der Waals surface area contributed by atoms with Crippen LogP contribution in [-0.4, -0.2) is 26.1 Å². The largest absolute Gasteiger partial charge is 0.359 e. The van der Waals surface area contributed by atoms with E-state index in [9.17, 15) is 0 Å². The number of hydrogen-bond donors (Lipinski definition) is 2. The molecule has 0 radical (unpaired) electrons. The first-order valence-corrected chi connectivity index (χ1v) is 6.74. The van der Waals surface area contributed by atoms with Crippen LogP contribution in [0.1, 0.15) is 44.9 Å². The van der Waals surface area contributed by atoms with E-state index in [0.717, 1.165) is 17.8 Å². The van der Waals surface area contributed by atoms with Gasteiger partial charge in [0.05, 0.1) is 0 Å². The van der Waals surface area contributed by atoms with E-state index in [-0.39, 0.29) is 24.0 Å². The average molecular weight is 351 g/mol. The zero-order chi connectivity index (χ0) is 11.4. The van der Waals surface area contributed by atoms with Gasteiger partial charge in [-0.1, -0.05) is 25.7 Å². The van der Waals surface area contributed by atoms with Crippen molar-refractivity contribution in [1.29, 1.82) is 0 Å². The lowest BCUT2D eigenvalue weighted by Crippen LogP contribution is -2.45. The summed E-state index contributed by atoms with van der Waals surface area (Å²) in [6.07, 6.45) is 9.96. The first-order valence-electron chi connectivity index (χ1n) is 6.74. The summed E-state index contributed by atoms with van der Waals surface area (Å²) in [5.41, 5.74) is 0. The Kier molecular flexibility index (Phi) is 6.59. The molecule has 0 aromatic heterocycles. The lowest BCUT2D eigenvalue weighted by molar-refractivity contribution is 0.150. The second kappa shape index (κ2) is 7.44. The van der Waals surface area contributed by atoms with E-state index >= 15 is 0 Å². The third kappa shape index (κ3) is 4.00. The summed E-state index contributed by atoms with van der Waals surface area (Å²) >= 11 is 0. The van der Waals surface area contributed by atoms with Crippen molar-refractivity contribution in [3.8, 4) is 0 Å². The van der Waals surface area contributed by atoms with Crippen molar-refractivity contribution >= 4 is 29.9 Å². The molecule has 3 atom stereocenters. The number of hydrogen-bond acceptors (Lipinski definition) is 1. The monoisotopic (exact) mass is 351 g/mol. The maximum Gasteiger partial charge on any atom is 0.190 e. The number of halogens is 1. The summed E-state index contributed by atoms with van der Waals surface area (Å²) in [7, 11) is 3.77. The predicted octanol–water partition coefficient (Wildman–Crippen LogP) is 2.76. The summed E-state index contributed by atoms with van der Waals surface area (Å²) in [5.74, 6) is 2.96.